The van der Waals surface area contributed by atoms with Crippen molar-refractivity contribution >= 4 is 12.1 Å². The number of ether oxygens (including phenoxy) is 2. The molecule has 2 aliphatic rings. The molecule has 1 saturated carbocycles. The minimum Gasteiger partial charge on any atom is -0.480 e. The van der Waals surface area contributed by atoms with Crippen LogP contribution in [0.4, 0.5) is 4.79 Å². The molecule has 0 heterocycles. The van der Waals surface area contributed by atoms with Crippen LogP contribution in [0.5, 0.6) is 0 Å². The fourth-order valence-electron chi connectivity index (χ4n) is 4.63. The number of amides is 1. The lowest BCUT2D eigenvalue weighted by molar-refractivity contribution is -0.145. The number of aliphatic carboxylic acids is 1. The van der Waals surface area contributed by atoms with Gasteiger partial charge in [0.25, 0.3) is 0 Å². The summed E-state index contributed by atoms with van der Waals surface area (Å²) in [5.41, 5.74) is 4.54. The molecule has 0 aliphatic heterocycles. The number of benzene rings is 2. The van der Waals surface area contributed by atoms with E-state index in [1.807, 2.05) is 24.3 Å². The Morgan fingerprint density at radius 3 is 2.16 bits per heavy atom. The van der Waals surface area contributed by atoms with Crippen molar-refractivity contribution in [3.8, 4) is 11.1 Å². The van der Waals surface area contributed by atoms with Crippen LogP contribution in [-0.2, 0) is 14.3 Å². The molecule has 0 radical (unpaired) electrons. The molecular weight excluding hydrogens is 394 g/mol. The maximum absolute atomic E-state index is 12.7. The Hall–Kier alpha value is -2.86. The smallest absolute Gasteiger partial charge is 0.410 e. The Bertz CT molecular complexity index is 892. The zero-order valence-electron chi connectivity index (χ0n) is 17.8. The zero-order chi connectivity index (χ0) is 21.8. The van der Waals surface area contributed by atoms with Crippen LogP contribution in [0, 0.1) is 0 Å². The first kappa shape index (κ1) is 21.4. The molecule has 4 rings (SSSR count). The van der Waals surface area contributed by atoms with Crippen molar-refractivity contribution in [2.24, 2.45) is 0 Å². The van der Waals surface area contributed by atoms with Crippen LogP contribution in [0.1, 0.15) is 49.1 Å². The van der Waals surface area contributed by atoms with Gasteiger partial charge in [-0.15, -0.1) is 0 Å². The second-order valence-electron chi connectivity index (χ2n) is 8.36. The van der Waals surface area contributed by atoms with Gasteiger partial charge in [0.15, 0.2) is 6.04 Å². The van der Waals surface area contributed by atoms with E-state index in [1.54, 1.807) is 0 Å². The lowest BCUT2D eigenvalue weighted by Crippen LogP contribution is -2.46. The van der Waals surface area contributed by atoms with Crippen molar-refractivity contribution in [1.82, 2.24) is 4.90 Å². The molecule has 6 nitrogen and oxygen atoms in total. The van der Waals surface area contributed by atoms with Crippen molar-refractivity contribution in [3.63, 3.8) is 0 Å². The van der Waals surface area contributed by atoms with Crippen LogP contribution in [0.3, 0.4) is 0 Å². The monoisotopic (exact) mass is 423 g/mol. The van der Waals surface area contributed by atoms with Crippen molar-refractivity contribution < 1.29 is 24.2 Å². The number of nitrogens with zero attached hydrogens (tertiary/aromatic N) is 1. The van der Waals surface area contributed by atoms with Crippen LogP contribution in [0.15, 0.2) is 48.5 Å². The van der Waals surface area contributed by atoms with Crippen LogP contribution >= 0.6 is 0 Å². The zero-order valence-corrected chi connectivity index (χ0v) is 17.8. The first-order chi connectivity index (χ1) is 15.1. The van der Waals surface area contributed by atoms with Crippen molar-refractivity contribution in [2.75, 3.05) is 20.3 Å². The van der Waals surface area contributed by atoms with Crippen LogP contribution in [0.25, 0.3) is 11.1 Å². The van der Waals surface area contributed by atoms with E-state index in [0.717, 1.165) is 52.8 Å². The van der Waals surface area contributed by atoms with Gasteiger partial charge in [-0.1, -0.05) is 67.8 Å². The SMILES string of the molecule is CN(C(=O)OCC1c2ccccc2-c2ccccc21)C(COC1CCCCC1)C(=O)O. The van der Waals surface area contributed by atoms with E-state index in [9.17, 15) is 14.7 Å². The summed E-state index contributed by atoms with van der Waals surface area (Å²) in [6, 6.07) is 15.1. The third kappa shape index (κ3) is 4.59. The predicted molar refractivity (Wildman–Crippen MR) is 117 cm³/mol. The highest BCUT2D eigenvalue weighted by atomic mass is 16.6. The first-order valence-corrected chi connectivity index (χ1v) is 11.0. The van der Waals surface area contributed by atoms with E-state index >= 15 is 0 Å². The molecule has 164 valence electrons. The maximum Gasteiger partial charge on any atom is 0.410 e. The second-order valence-corrected chi connectivity index (χ2v) is 8.36. The summed E-state index contributed by atoms with van der Waals surface area (Å²) in [5, 5.41) is 9.63. The Morgan fingerprint density at radius 2 is 1.58 bits per heavy atom. The molecule has 2 aromatic carbocycles. The predicted octanol–water partition coefficient (Wildman–Crippen LogP) is 4.67. The molecule has 0 spiro atoms. The minimum absolute atomic E-state index is 0.0271. The molecular formula is C25H29NO5. The molecule has 1 N–H and O–H groups in total. The Labute approximate surface area is 182 Å². The Morgan fingerprint density at radius 1 is 1.00 bits per heavy atom. The van der Waals surface area contributed by atoms with Crippen LogP contribution in [-0.4, -0.2) is 54.5 Å². The molecule has 1 amide bonds. The molecule has 6 heteroatoms. The number of fused-ring (bicyclic) bond motifs is 3. The molecule has 0 aromatic heterocycles. The van der Waals surface area contributed by atoms with Gasteiger partial charge in [0, 0.05) is 13.0 Å². The fraction of sp³-hybridized carbons (Fsp3) is 0.440. The van der Waals surface area contributed by atoms with Gasteiger partial charge < -0.3 is 14.6 Å². The highest BCUT2D eigenvalue weighted by Crippen LogP contribution is 2.44. The van der Waals surface area contributed by atoms with Gasteiger partial charge in [0.1, 0.15) is 6.61 Å². The maximum atomic E-state index is 12.7. The standard InChI is InChI=1S/C25H29NO5/c1-26(23(24(27)28)16-30-17-9-3-2-4-10-17)25(29)31-15-22-20-13-7-5-11-18(20)19-12-6-8-14-21(19)22/h5-8,11-14,17,22-23H,2-4,9-10,15-16H2,1H3,(H,27,28). The van der Waals surface area contributed by atoms with E-state index in [0.29, 0.717) is 0 Å². The third-order valence-corrected chi connectivity index (χ3v) is 6.42. The number of hydrogen-bond acceptors (Lipinski definition) is 4. The summed E-state index contributed by atoms with van der Waals surface area (Å²) >= 11 is 0. The van der Waals surface area contributed by atoms with Gasteiger partial charge in [-0.2, -0.15) is 0 Å². The van der Waals surface area contributed by atoms with Crippen molar-refractivity contribution in [1.29, 1.82) is 0 Å². The molecule has 1 unspecified atom stereocenters. The lowest BCUT2D eigenvalue weighted by Gasteiger charge is -2.28. The number of likely N-dealkylation sites (N-methyl/N-ethyl adjacent to an activating group) is 1. The number of rotatable bonds is 7. The normalized spacial score (nSPS) is 16.9. The number of carbonyl (C=O) groups excluding carboxylic acids is 1. The van der Waals surface area contributed by atoms with Gasteiger partial charge in [-0.25, -0.2) is 9.59 Å². The van der Waals surface area contributed by atoms with Gasteiger partial charge in [0.05, 0.1) is 12.7 Å². The average molecular weight is 424 g/mol. The highest BCUT2D eigenvalue weighted by Gasteiger charge is 2.32. The highest BCUT2D eigenvalue weighted by molar-refractivity contribution is 5.81. The molecule has 1 fully saturated rings. The Kier molecular flexibility index (Phi) is 6.56. The van der Waals surface area contributed by atoms with Gasteiger partial charge >= 0.3 is 12.1 Å². The summed E-state index contributed by atoms with van der Waals surface area (Å²) < 4.78 is 11.4. The van der Waals surface area contributed by atoms with E-state index in [4.69, 9.17) is 9.47 Å². The third-order valence-electron chi connectivity index (χ3n) is 6.42. The largest absolute Gasteiger partial charge is 0.480 e. The fourth-order valence-corrected chi connectivity index (χ4v) is 4.63. The first-order valence-electron chi connectivity index (χ1n) is 11.0. The minimum atomic E-state index is -1.09. The molecule has 1 atom stereocenters. The molecule has 2 aromatic rings. The summed E-state index contributed by atoms with van der Waals surface area (Å²) in [5.74, 6) is -1.15. The quantitative estimate of drug-likeness (QED) is 0.700. The van der Waals surface area contributed by atoms with Gasteiger partial charge in [0.2, 0.25) is 0 Å². The van der Waals surface area contributed by atoms with Crippen molar-refractivity contribution in [3.05, 3.63) is 59.7 Å². The summed E-state index contributed by atoms with van der Waals surface area (Å²) in [6.45, 7) is 0.133. The average Bonchev–Trinajstić information content (AvgIpc) is 3.11. The van der Waals surface area contributed by atoms with Crippen LogP contribution < -0.4 is 0 Å². The summed E-state index contributed by atoms with van der Waals surface area (Å²) in [7, 11) is 1.46. The number of carbonyl (C=O) groups is 2. The summed E-state index contributed by atoms with van der Waals surface area (Å²) in [6.07, 6.45) is 4.71. The van der Waals surface area contributed by atoms with Crippen molar-refractivity contribution in [2.45, 2.75) is 50.2 Å². The van der Waals surface area contributed by atoms with Gasteiger partial charge in [-0.05, 0) is 35.1 Å². The number of carboxylic acids is 1. The molecule has 0 bridgehead atoms. The molecule has 2 aliphatic carbocycles. The molecule has 0 saturated heterocycles. The Balaban J connectivity index is 1.39. The topological polar surface area (TPSA) is 76.1 Å². The van der Waals surface area contributed by atoms with Crippen LogP contribution in [0.2, 0.25) is 0 Å². The lowest BCUT2D eigenvalue weighted by atomic mass is 9.98. The van der Waals surface area contributed by atoms with E-state index < -0.39 is 18.1 Å². The summed E-state index contributed by atoms with van der Waals surface area (Å²) in [4.78, 5) is 25.6. The second kappa shape index (κ2) is 9.52. The number of carboxylic acid groups (broad SMARTS) is 1. The van der Waals surface area contributed by atoms with Gasteiger partial charge in [-0.3, -0.25) is 4.90 Å². The van der Waals surface area contributed by atoms with E-state index in [2.05, 4.69) is 24.3 Å². The molecule has 31 heavy (non-hydrogen) atoms. The van der Waals surface area contributed by atoms with E-state index in [-0.39, 0.29) is 25.2 Å². The van der Waals surface area contributed by atoms with E-state index in [1.165, 1.54) is 13.5 Å². The number of hydrogen-bond donors (Lipinski definition) is 1.